The third kappa shape index (κ3) is 2.26. The lowest BCUT2D eigenvalue weighted by Crippen LogP contribution is -2.12. The first kappa shape index (κ1) is 11.5. The van der Waals surface area contributed by atoms with Gasteiger partial charge in [0.2, 0.25) is 0 Å². The number of carbonyl (C=O) groups is 2. The summed E-state index contributed by atoms with van der Waals surface area (Å²) < 4.78 is 2.18. The molecule has 0 aliphatic heterocycles. The fourth-order valence-electron chi connectivity index (χ4n) is 1.35. The summed E-state index contributed by atoms with van der Waals surface area (Å²) in [4.78, 5) is 21.6. The van der Waals surface area contributed by atoms with Crippen LogP contribution in [0.25, 0.3) is 5.69 Å². The molecule has 0 fully saturated rings. The largest absolute Gasteiger partial charge is 0.364 e. The van der Waals surface area contributed by atoms with Gasteiger partial charge in [0.05, 0.1) is 5.69 Å². The number of aromatic nitrogens is 2. The maximum absolute atomic E-state index is 10.9. The highest BCUT2D eigenvalue weighted by Gasteiger charge is 2.07. The molecule has 5 nitrogen and oxygen atoms in total. The van der Waals surface area contributed by atoms with Crippen molar-refractivity contribution in [1.29, 1.82) is 0 Å². The van der Waals surface area contributed by atoms with Crippen LogP contribution in [0.1, 0.15) is 20.8 Å². The van der Waals surface area contributed by atoms with E-state index in [9.17, 15) is 9.59 Å². The molecule has 2 N–H and O–H groups in total. The van der Waals surface area contributed by atoms with Crippen molar-refractivity contribution in [3.63, 3.8) is 0 Å². The van der Waals surface area contributed by atoms with Crippen LogP contribution in [0, 0.1) is 0 Å². The SMILES string of the molecule is NC(=O)c1ccn(-c2ccc(C=O)c(Br)c2)n1. The second-order valence-electron chi connectivity index (χ2n) is 3.33. The smallest absolute Gasteiger partial charge is 0.269 e. The Balaban J connectivity index is 2.42. The van der Waals surface area contributed by atoms with Gasteiger partial charge in [-0.1, -0.05) is 0 Å². The van der Waals surface area contributed by atoms with E-state index in [4.69, 9.17) is 5.73 Å². The van der Waals surface area contributed by atoms with Crippen molar-refractivity contribution in [2.24, 2.45) is 5.73 Å². The van der Waals surface area contributed by atoms with Crippen molar-refractivity contribution in [1.82, 2.24) is 9.78 Å². The Morgan fingerprint density at radius 3 is 2.71 bits per heavy atom. The van der Waals surface area contributed by atoms with Crippen LogP contribution in [-0.4, -0.2) is 22.0 Å². The van der Waals surface area contributed by atoms with Crippen molar-refractivity contribution >= 4 is 28.1 Å². The Morgan fingerprint density at radius 1 is 1.41 bits per heavy atom. The van der Waals surface area contributed by atoms with E-state index in [-0.39, 0.29) is 5.69 Å². The van der Waals surface area contributed by atoms with Crippen LogP contribution in [0.15, 0.2) is 34.9 Å². The molecule has 2 aromatic rings. The molecular formula is C11H8BrN3O2. The minimum Gasteiger partial charge on any atom is -0.364 e. The maximum Gasteiger partial charge on any atom is 0.269 e. The van der Waals surface area contributed by atoms with Gasteiger partial charge in [-0.3, -0.25) is 9.59 Å². The monoisotopic (exact) mass is 293 g/mol. The van der Waals surface area contributed by atoms with Crippen LogP contribution in [-0.2, 0) is 0 Å². The molecule has 0 aliphatic rings. The van der Waals surface area contributed by atoms with E-state index in [0.29, 0.717) is 10.0 Å². The average Bonchev–Trinajstić information content (AvgIpc) is 2.78. The molecule has 1 aromatic heterocycles. The highest BCUT2D eigenvalue weighted by molar-refractivity contribution is 9.10. The molecule has 1 aromatic carbocycles. The molecule has 1 amide bonds. The lowest BCUT2D eigenvalue weighted by molar-refractivity contribution is 0.0994. The Labute approximate surface area is 105 Å². The summed E-state index contributed by atoms with van der Waals surface area (Å²) in [7, 11) is 0. The number of hydrogen-bond donors (Lipinski definition) is 1. The highest BCUT2D eigenvalue weighted by atomic mass is 79.9. The number of amides is 1. The van der Waals surface area contributed by atoms with Crippen LogP contribution < -0.4 is 5.73 Å². The summed E-state index contributed by atoms with van der Waals surface area (Å²) in [6.07, 6.45) is 2.38. The van der Waals surface area contributed by atoms with Crippen LogP contribution in [0.2, 0.25) is 0 Å². The van der Waals surface area contributed by atoms with Gasteiger partial charge in [0, 0.05) is 16.2 Å². The van der Waals surface area contributed by atoms with Gasteiger partial charge in [0.1, 0.15) is 5.69 Å². The van der Waals surface area contributed by atoms with E-state index in [2.05, 4.69) is 21.0 Å². The van der Waals surface area contributed by atoms with E-state index in [1.807, 2.05) is 0 Å². The number of rotatable bonds is 3. The number of hydrogen-bond acceptors (Lipinski definition) is 3. The minimum absolute atomic E-state index is 0.195. The number of primary amides is 1. The van der Waals surface area contributed by atoms with Crippen molar-refractivity contribution in [2.45, 2.75) is 0 Å². The molecule has 0 bridgehead atoms. The number of aldehydes is 1. The first-order valence-corrected chi connectivity index (χ1v) is 5.51. The molecule has 86 valence electrons. The van der Waals surface area contributed by atoms with E-state index in [1.165, 1.54) is 10.7 Å². The third-order valence-electron chi connectivity index (χ3n) is 2.22. The van der Waals surface area contributed by atoms with Crippen LogP contribution in [0.3, 0.4) is 0 Å². The molecule has 1 heterocycles. The third-order valence-corrected chi connectivity index (χ3v) is 2.90. The number of nitrogens with zero attached hydrogens (tertiary/aromatic N) is 2. The summed E-state index contributed by atoms with van der Waals surface area (Å²) in [6.45, 7) is 0. The topological polar surface area (TPSA) is 78.0 Å². The first-order valence-electron chi connectivity index (χ1n) is 4.72. The van der Waals surface area contributed by atoms with Gasteiger partial charge in [-0.25, -0.2) is 4.68 Å². The zero-order valence-corrected chi connectivity index (χ0v) is 10.2. The highest BCUT2D eigenvalue weighted by Crippen LogP contribution is 2.19. The van der Waals surface area contributed by atoms with Crippen molar-refractivity contribution in [3.05, 3.63) is 46.2 Å². The Kier molecular flexibility index (Phi) is 3.06. The van der Waals surface area contributed by atoms with Crippen molar-refractivity contribution in [2.75, 3.05) is 0 Å². The van der Waals surface area contributed by atoms with E-state index < -0.39 is 5.91 Å². The fraction of sp³-hybridized carbons (Fsp3) is 0. The molecule has 2 rings (SSSR count). The van der Waals surface area contributed by atoms with Crippen molar-refractivity contribution < 1.29 is 9.59 Å². The molecule has 17 heavy (non-hydrogen) atoms. The van der Waals surface area contributed by atoms with Gasteiger partial charge in [0.15, 0.2) is 6.29 Å². The summed E-state index contributed by atoms with van der Waals surface area (Å²) >= 11 is 3.28. The predicted octanol–water partition coefficient (Wildman–Crippen LogP) is 1.55. The van der Waals surface area contributed by atoms with Gasteiger partial charge < -0.3 is 5.73 Å². The quantitative estimate of drug-likeness (QED) is 0.872. The molecule has 0 radical (unpaired) electrons. The van der Waals surface area contributed by atoms with Crippen LogP contribution >= 0.6 is 15.9 Å². The van der Waals surface area contributed by atoms with Gasteiger partial charge in [-0.2, -0.15) is 5.10 Å². The standard InChI is InChI=1S/C11H8BrN3O2/c12-9-5-8(2-1-7(9)6-16)15-4-3-10(14-15)11(13)17/h1-6H,(H2,13,17). The molecule has 0 spiro atoms. The molecular weight excluding hydrogens is 286 g/mol. The van der Waals surface area contributed by atoms with E-state index >= 15 is 0 Å². The zero-order chi connectivity index (χ0) is 12.4. The van der Waals surface area contributed by atoms with Gasteiger partial charge >= 0.3 is 0 Å². The minimum atomic E-state index is -0.577. The number of carbonyl (C=O) groups excluding carboxylic acids is 2. The zero-order valence-electron chi connectivity index (χ0n) is 8.63. The Bertz CT molecular complexity index is 592. The second kappa shape index (κ2) is 4.50. The van der Waals surface area contributed by atoms with Gasteiger partial charge in [-0.15, -0.1) is 0 Å². The molecule has 6 heteroatoms. The van der Waals surface area contributed by atoms with Gasteiger partial charge in [-0.05, 0) is 40.2 Å². The first-order chi connectivity index (χ1) is 8.11. The lowest BCUT2D eigenvalue weighted by Gasteiger charge is -2.03. The number of halogens is 1. The average molecular weight is 294 g/mol. The van der Waals surface area contributed by atoms with E-state index in [0.717, 1.165) is 12.0 Å². The lowest BCUT2D eigenvalue weighted by atomic mass is 10.2. The molecule has 0 saturated carbocycles. The Hall–Kier alpha value is -1.95. The maximum atomic E-state index is 10.9. The van der Waals surface area contributed by atoms with E-state index in [1.54, 1.807) is 24.4 Å². The normalized spacial score (nSPS) is 10.2. The molecule has 0 atom stereocenters. The summed E-state index contributed by atoms with van der Waals surface area (Å²) in [5.74, 6) is -0.577. The second-order valence-corrected chi connectivity index (χ2v) is 4.19. The van der Waals surface area contributed by atoms with Crippen molar-refractivity contribution in [3.8, 4) is 5.69 Å². The Morgan fingerprint density at radius 2 is 2.18 bits per heavy atom. The summed E-state index contributed by atoms with van der Waals surface area (Å²) in [6, 6.07) is 6.66. The van der Waals surface area contributed by atoms with Crippen LogP contribution in [0.5, 0.6) is 0 Å². The molecule has 0 saturated heterocycles. The van der Waals surface area contributed by atoms with Gasteiger partial charge in [0.25, 0.3) is 5.91 Å². The summed E-state index contributed by atoms with van der Waals surface area (Å²) in [5.41, 5.74) is 6.59. The molecule has 0 aliphatic carbocycles. The number of nitrogens with two attached hydrogens (primary N) is 1. The number of benzene rings is 1. The molecule has 0 unspecified atom stereocenters. The fourth-order valence-corrected chi connectivity index (χ4v) is 1.81. The van der Waals surface area contributed by atoms with Crippen LogP contribution in [0.4, 0.5) is 0 Å². The summed E-state index contributed by atoms with van der Waals surface area (Å²) in [5, 5.41) is 4.01. The predicted molar refractivity (Wildman–Crippen MR) is 65.2 cm³/mol.